The lowest BCUT2D eigenvalue weighted by Gasteiger charge is -2.51. The maximum absolute atomic E-state index is 13.1. The summed E-state index contributed by atoms with van der Waals surface area (Å²) in [5.74, 6) is -20.1. The van der Waals surface area contributed by atoms with Crippen LogP contribution in [0.5, 0.6) is 115 Å². The lowest BCUT2D eigenvalue weighted by molar-refractivity contribution is -0.219. The number of aliphatic hydroxyl groups excluding tert-OH is 4. The molecule has 0 saturated heterocycles. The summed E-state index contributed by atoms with van der Waals surface area (Å²) in [6.45, 7) is 0. The standard InChI is InChI=1S/C60H48O24/c61-23-13-34(71)42-40(14-23)83-60(22-4-8-28(65)33(70)12-22)59(79)50(42)47-41(84-60)18-38(75)46-49(52(78)55(82-58(46)47)21-3-7-27(64)32(69)11-21)45-37(74)17-36(73)44-48(51(77)54(81-57(44)45)20-2-6-26(63)31(68)10-20)43-35(72)16-29(66)24-15-39(76)53(80-56(24)43)19-1-5-25(62)30(67)9-19/h1-14,16-18,39,48-55,59,61-79H,15H2/t39-,48+,49+,50-,51-,52-,53-,54-,55+,59-,60+/m1/s1. The van der Waals surface area contributed by atoms with Crippen molar-refractivity contribution in [2.24, 2.45) is 0 Å². The van der Waals surface area contributed by atoms with E-state index in [1.54, 1.807) is 0 Å². The van der Waals surface area contributed by atoms with E-state index in [4.69, 9.17) is 23.7 Å². The minimum absolute atomic E-state index is 0.0872. The van der Waals surface area contributed by atoms with Gasteiger partial charge >= 0.3 is 5.79 Å². The number of ether oxygens (including phenoxy) is 5. The zero-order chi connectivity index (χ0) is 59.4. The molecule has 24 nitrogen and oxygen atoms in total. The fourth-order valence-electron chi connectivity index (χ4n) is 12.6. The SMILES string of the molecule is Oc1cc(O)c2c(c1)O[C@@]1(c3ccc(O)c(O)c3)Oc3cc(O)c4c(c3[C@@H]2[C@H]1O)O[C@@H](c1ccc(O)c(O)c1)[C@H](O)[C@H]4c1c(O)cc(O)c2c1O[C@H](c1ccc(O)c(O)c1)[C@H](O)[C@H]2c1c(O)cc(O)c2c1O[C@H](c1ccc(O)c(O)c1)[C@H](O)C2. The molecule has 2 bridgehead atoms. The number of phenols is 15. The van der Waals surface area contributed by atoms with Crippen LogP contribution in [0.25, 0.3) is 0 Å². The molecule has 13 rings (SSSR count). The monoisotopic (exact) mass is 1150 g/mol. The van der Waals surface area contributed by atoms with Crippen LogP contribution < -0.4 is 23.7 Å². The normalized spacial score (nSPS) is 25.1. The fraction of sp³-hybridized carbons (Fsp3) is 0.200. The molecule has 0 saturated carbocycles. The Kier molecular flexibility index (Phi) is 11.7. The van der Waals surface area contributed by atoms with Crippen molar-refractivity contribution in [3.63, 3.8) is 0 Å². The summed E-state index contributed by atoms with van der Waals surface area (Å²) >= 11 is 0. The molecular formula is C60H48O24. The molecular weight excluding hydrogens is 1100 g/mol. The predicted octanol–water partition coefficient (Wildman–Crippen LogP) is 5.69. The Morgan fingerprint density at radius 3 is 1.24 bits per heavy atom. The first kappa shape index (κ1) is 52.9. The smallest absolute Gasteiger partial charge is 0.305 e. The average Bonchev–Trinajstić information content (AvgIpc) is 0.881. The highest BCUT2D eigenvalue weighted by Crippen LogP contribution is 2.67. The molecule has 5 aliphatic rings. The molecule has 24 heteroatoms. The molecule has 432 valence electrons. The molecule has 5 aliphatic heterocycles. The van der Waals surface area contributed by atoms with Gasteiger partial charge < -0.3 is 121 Å². The fourth-order valence-corrected chi connectivity index (χ4v) is 12.6. The van der Waals surface area contributed by atoms with E-state index in [1.807, 2.05) is 0 Å². The highest BCUT2D eigenvalue weighted by molar-refractivity contribution is 5.74. The van der Waals surface area contributed by atoms with Gasteiger partial charge in [-0.25, -0.2) is 0 Å². The Hall–Kier alpha value is -10.4. The van der Waals surface area contributed by atoms with Crippen LogP contribution in [-0.2, 0) is 12.2 Å². The number of hydrogen-bond donors (Lipinski definition) is 19. The molecule has 19 N–H and O–H groups in total. The summed E-state index contributed by atoms with van der Waals surface area (Å²) < 4.78 is 32.7. The van der Waals surface area contributed by atoms with Crippen molar-refractivity contribution in [1.82, 2.24) is 0 Å². The van der Waals surface area contributed by atoms with Crippen LogP contribution in [0, 0.1) is 0 Å². The molecule has 0 fully saturated rings. The maximum Gasteiger partial charge on any atom is 0.305 e. The second kappa shape index (κ2) is 18.6. The van der Waals surface area contributed by atoms with Crippen molar-refractivity contribution in [3.8, 4) is 115 Å². The average molecular weight is 1150 g/mol. The summed E-state index contributed by atoms with van der Waals surface area (Å²) in [4.78, 5) is 0. The van der Waals surface area contributed by atoms with E-state index in [1.165, 1.54) is 24.3 Å². The lowest BCUT2D eigenvalue weighted by Crippen LogP contribution is -2.57. The molecule has 5 heterocycles. The van der Waals surface area contributed by atoms with Crippen LogP contribution in [0.3, 0.4) is 0 Å². The zero-order valence-corrected chi connectivity index (χ0v) is 42.8. The van der Waals surface area contributed by atoms with E-state index >= 15 is 0 Å². The number of rotatable bonds is 6. The van der Waals surface area contributed by atoms with E-state index in [0.29, 0.717) is 0 Å². The van der Waals surface area contributed by atoms with E-state index in [0.717, 1.165) is 78.9 Å². The Morgan fingerprint density at radius 2 is 0.738 bits per heavy atom. The number of benzene rings is 8. The highest BCUT2D eigenvalue weighted by atomic mass is 16.7. The van der Waals surface area contributed by atoms with Gasteiger partial charge in [-0.05, 0) is 71.3 Å². The van der Waals surface area contributed by atoms with E-state index in [-0.39, 0.29) is 56.2 Å². The topological polar surface area (TPSA) is 431 Å². The van der Waals surface area contributed by atoms with Gasteiger partial charge in [-0.2, -0.15) is 0 Å². The number of phenolic OH excluding ortho intramolecular Hbond substituents is 15. The minimum atomic E-state index is -2.44. The van der Waals surface area contributed by atoms with Crippen molar-refractivity contribution in [2.75, 3.05) is 0 Å². The summed E-state index contributed by atoms with van der Waals surface area (Å²) in [5, 5.41) is 218. The van der Waals surface area contributed by atoms with E-state index < -0.39 is 193 Å². The van der Waals surface area contributed by atoms with Gasteiger partial charge in [-0.1, -0.05) is 18.2 Å². The van der Waals surface area contributed by atoms with Crippen LogP contribution in [0.2, 0.25) is 0 Å². The van der Waals surface area contributed by atoms with E-state index in [2.05, 4.69) is 0 Å². The van der Waals surface area contributed by atoms with Gasteiger partial charge in [0.05, 0.1) is 23.9 Å². The van der Waals surface area contributed by atoms with Gasteiger partial charge in [-0.15, -0.1) is 0 Å². The molecule has 0 radical (unpaired) electrons. The number of hydrogen-bond acceptors (Lipinski definition) is 24. The molecule has 8 aromatic rings. The molecule has 0 spiro atoms. The third-order valence-corrected chi connectivity index (χ3v) is 16.4. The molecule has 0 unspecified atom stereocenters. The van der Waals surface area contributed by atoms with Gasteiger partial charge in [0.15, 0.2) is 58.2 Å². The first-order valence-electron chi connectivity index (χ1n) is 25.8. The predicted molar refractivity (Wildman–Crippen MR) is 283 cm³/mol. The Morgan fingerprint density at radius 1 is 0.333 bits per heavy atom. The molecule has 0 amide bonds. The maximum atomic E-state index is 13.1. The van der Waals surface area contributed by atoms with Crippen LogP contribution in [-0.4, -0.2) is 121 Å². The van der Waals surface area contributed by atoms with Gasteiger partial charge in [0, 0.05) is 81.3 Å². The van der Waals surface area contributed by atoms with Gasteiger partial charge in [0.25, 0.3) is 0 Å². The number of fused-ring (bicyclic) bond motifs is 10. The lowest BCUT2D eigenvalue weighted by atomic mass is 9.71. The first-order valence-corrected chi connectivity index (χ1v) is 25.8. The Balaban J connectivity index is 1.09. The van der Waals surface area contributed by atoms with Crippen LogP contribution in [0.15, 0.2) is 103 Å². The second-order valence-electron chi connectivity index (χ2n) is 21.2. The van der Waals surface area contributed by atoms with Crippen LogP contribution in [0.4, 0.5) is 0 Å². The van der Waals surface area contributed by atoms with Crippen molar-refractivity contribution < 1.29 is 121 Å². The quantitative estimate of drug-likeness (QED) is 0.0889. The summed E-state index contributed by atoms with van der Waals surface area (Å²) in [6, 6.07) is 18.2. The van der Waals surface area contributed by atoms with Crippen molar-refractivity contribution in [2.45, 2.75) is 72.7 Å². The van der Waals surface area contributed by atoms with Gasteiger partial charge in [0.1, 0.15) is 93.4 Å². The van der Waals surface area contributed by atoms with Crippen molar-refractivity contribution in [3.05, 3.63) is 164 Å². The minimum Gasteiger partial charge on any atom is -0.508 e. The summed E-state index contributed by atoms with van der Waals surface area (Å²) in [7, 11) is 0. The Bertz CT molecular complexity index is 4110. The molecule has 11 atom stereocenters. The molecule has 84 heavy (non-hydrogen) atoms. The van der Waals surface area contributed by atoms with E-state index in [9.17, 15) is 97.0 Å². The van der Waals surface area contributed by atoms with Crippen LogP contribution >= 0.6 is 0 Å². The van der Waals surface area contributed by atoms with Crippen molar-refractivity contribution >= 4 is 0 Å². The second-order valence-corrected chi connectivity index (χ2v) is 21.2. The first-order chi connectivity index (χ1) is 40.0. The van der Waals surface area contributed by atoms with Crippen molar-refractivity contribution in [1.29, 1.82) is 0 Å². The molecule has 0 aliphatic carbocycles. The van der Waals surface area contributed by atoms with Crippen LogP contribution in [0.1, 0.15) is 97.3 Å². The van der Waals surface area contributed by atoms with Gasteiger partial charge in [-0.3, -0.25) is 0 Å². The molecule has 8 aromatic carbocycles. The summed E-state index contributed by atoms with van der Waals surface area (Å²) in [6.07, 6.45) is -13.0. The summed E-state index contributed by atoms with van der Waals surface area (Å²) in [5.41, 5.74) is -2.64. The molecule has 0 aromatic heterocycles. The number of aromatic hydroxyl groups is 15. The largest absolute Gasteiger partial charge is 0.508 e. The zero-order valence-electron chi connectivity index (χ0n) is 42.8. The van der Waals surface area contributed by atoms with Gasteiger partial charge in [0.2, 0.25) is 0 Å². The third kappa shape index (κ3) is 7.68. The Labute approximate surface area is 471 Å². The third-order valence-electron chi connectivity index (χ3n) is 16.4. The number of aliphatic hydroxyl groups is 4. The highest BCUT2D eigenvalue weighted by Gasteiger charge is 2.61.